The van der Waals surface area contributed by atoms with Gasteiger partial charge in [-0.15, -0.1) is 0 Å². The molecule has 1 aromatic rings. The molecule has 1 aliphatic carbocycles. The van der Waals surface area contributed by atoms with Crippen LogP contribution in [-0.4, -0.2) is 7.05 Å². The third kappa shape index (κ3) is 2.01. The second-order valence-corrected chi connectivity index (χ2v) is 5.06. The summed E-state index contributed by atoms with van der Waals surface area (Å²) in [6.07, 6.45) is 6.85. The second kappa shape index (κ2) is 5.01. The van der Waals surface area contributed by atoms with E-state index < -0.39 is 0 Å². The van der Waals surface area contributed by atoms with Crippen LogP contribution in [0, 0.1) is 5.41 Å². The van der Waals surface area contributed by atoms with E-state index in [0.717, 1.165) is 0 Å². The molecule has 0 bridgehead atoms. The molecule has 2 rings (SSSR count). The van der Waals surface area contributed by atoms with Gasteiger partial charge >= 0.3 is 0 Å². The van der Waals surface area contributed by atoms with Gasteiger partial charge in [-0.25, -0.2) is 0 Å². The normalized spacial score (nSPS) is 20.9. The van der Waals surface area contributed by atoms with E-state index in [-0.39, 0.29) is 0 Å². The van der Waals surface area contributed by atoms with Gasteiger partial charge in [-0.2, -0.15) is 0 Å². The van der Waals surface area contributed by atoms with Crippen LogP contribution < -0.4 is 5.32 Å². The van der Waals surface area contributed by atoms with Crippen molar-refractivity contribution in [1.29, 1.82) is 0 Å². The lowest BCUT2D eigenvalue weighted by Crippen LogP contribution is -2.34. The monoisotopic (exact) mass is 217 g/mol. The first-order valence-electron chi connectivity index (χ1n) is 6.54. The molecule has 0 heterocycles. The minimum Gasteiger partial charge on any atom is -0.313 e. The molecule has 1 unspecified atom stereocenters. The van der Waals surface area contributed by atoms with Gasteiger partial charge in [0.1, 0.15) is 0 Å². The number of hydrogen-bond acceptors (Lipinski definition) is 1. The second-order valence-electron chi connectivity index (χ2n) is 5.06. The highest BCUT2D eigenvalue weighted by Gasteiger charge is 2.39. The first-order valence-corrected chi connectivity index (χ1v) is 6.54. The zero-order valence-corrected chi connectivity index (χ0v) is 10.5. The fourth-order valence-electron chi connectivity index (χ4n) is 3.40. The van der Waals surface area contributed by atoms with Crippen LogP contribution in [0.4, 0.5) is 0 Å². The maximum atomic E-state index is 3.55. The number of hydrogen-bond donors (Lipinski definition) is 1. The maximum absolute atomic E-state index is 3.55. The fourth-order valence-corrected chi connectivity index (χ4v) is 3.40. The molecule has 1 aliphatic rings. The standard InChI is InChI=1S/C15H23N/c1-3-15(11-7-8-12-15)14(16-2)13-9-5-4-6-10-13/h4-6,9-10,14,16H,3,7-8,11-12H2,1-2H3. The van der Waals surface area contributed by atoms with Crippen molar-refractivity contribution in [3.63, 3.8) is 0 Å². The van der Waals surface area contributed by atoms with Crippen LogP contribution in [0.15, 0.2) is 30.3 Å². The Balaban J connectivity index is 2.28. The summed E-state index contributed by atoms with van der Waals surface area (Å²) in [7, 11) is 2.10. The maximum Gasteiger partial charge on any atom is 0.0374 e. The first-order chi connectivity index (χ1) is 7.82. The van der Waals surface area contributed by atoms with Crippen LogP contribution in [0.25, 0.3) is 0 Å². The topological polar surface area (TPSA) is 12.0 Å². The summed E-state index contributed by atoms with van der Waals surface area (Å²) >= 11 is 0. The highest BCUT2D eigenvalue weighted by atomic mass is 14.9. The molecule has 16 heavy (non-hydrogen) atoms. The van der Waals surface area contributed by atoms with E-state index in [9.17, 15) is 0 Å². The number of nitrogens with one attached hydrogen (secondary N) is 1. The molecule has 1 saturated carbocycles. The minimum atomic E-state index is 0.496. The summed E-state index contributed by atoms with van der Waals surface area (Å²) in [5.74, 6) is 0. The van der Waals surface area contributed by atoms with Gasteiger partial charge in [0.25, 0.3) is 0 Å². The highest BCUT2D eigenvalue weighted by Crippen LogP contribution is 2.49. The zero-order valence-electron chi connectivity index (χ0n) is 10.5. The lowest BCUT2D eigenvalue weighted by molar-refractivity contribution is 0.195. The Morgan fingerprint density at radius 1 is 1.19 bits per heavy atom. The molecule has 1 heteroatoms. The molecular weight excluding hydrogens is 194 g/mol. The predicted molar refractivity (Wildman–Crippen MR) is 69.4 cm³/mol. The Morgan fingerprint density at radius 3 is 2.31 bits per heavy atom. The Bertz CT molecular complexity index is 311. The van der Waals surface area contributed by atoms with Crippen LogP contribution >= 0.6 is 0 Å². The zero-order chi connectivity index (χ0) is 11.4. The molecule has 1 fully saturated rings. The van der Waals surface area contributed by atoms with E-state index in [1.54, 1.807) is 0 Å². The number of rotatable bonds is 4. The third-order valence-corrected chi connectivity index (χ3v) is 4.34. The van der Waals surface area contributed by atoms with Gasteiger partial charge < -0.3 is 5.32 Å². The van der Waals surface area contributed by atoms with Gasteiger partial charge in [-0.1, -0.05) is 50.1 Å². The minimum absolute atomic E-state index is 0.496. The summed E-state index contributed by atoms with van der Waals surface area (Å²) < 4.78 is 0. The largest absolute Gasteiger partial charge is 0.313 e. The summed E-state index contributed by atoms with van der Waals surface area (Å²) in [6, 6.07) is 11.5. The third-order valence-electron chi connectivity index (χ3n) is 4.34. The molecule has 0 aliphatic heterocycles. The first kappa shape index (κ1) is 11.7. The molecule has 0 spiro atoms. The molecule has 1 atom stereocenters. The molecule has 88 valence electrons. The van der Waals surface area contributed by atoms with E-state index in [1.807, 2.05) is 0 Å². The lowest BCUT2D eigenvalue weighted by atomic mass is 9.73. The van der Waals surface area contributed by atoms with E-state index in [4.69, 9.17) is 0 Å². The SMILES string of the molecule is CCC1(C(NC)c2ccccc2)CCCC1. The highest BCUT2D eigenvalue weighted by molar-refractivity contribution is 5.22. The Hall–Kier alpha value is -0.820. The quantitative estimate of drug-likeness (QED) is 0.806. The van der Waals surface area contributed by atoms with Gasteiger partial charge in [0, 0.05) is 6.04 Å². The van der Waals surface area contributed by atoms with Crippen molar-refractivity contribution >= 4 is 0 Å². The Labute approximate surface area is 99.3 Å². The molecule has 1 aromatic carbocycles. The van der Waals surface area contributed by atoms with Gasteiger partial charge in [-0.05, 0) is 37.3 Å². The fraction of sp³-hybridized carbons (Fsp3) is 0.600. The average molecular weight is 217 g/mol. The lowest BCUT2D eigenvalue weighted by Gasteiger charge is -2.37. The smallest absolute Gasteiger partial charge is 0.0374 e. The molecule has 0 aromatic heterocycles. The molecule has 0 saturated heterocycles. The van der Waals surface area contributed by atoms with Crippen LogP contribution in [0.5, 0.6) is 0 Å². The Kier molecular flexibility index (Phi) is 3.65. The van der Waals surface area contributed by atoms with Crippen molar-refractivity contribution in [2.75, 3.05) is 7.05 Å². The van der Waals surface area contributed by atoms with Gasteiger partial charge in [0.2, 0.25) is 0 Å². The molecule has 1 nitrogen and oxygen atoms in total. The summed E-state index contributed by atoms with van der Waals surface area (Å²) in [4.78, 5) is 0. The van der Waals surface area contributed by atoms with Crippen LogP contribution in [0.1, 0.15) is 50.6 Å². The van der Waals surface area contributed by atoms with Crippen molar-refractivity contribution in [2.24, 2.45) is 5.41 Å². The van der Waals surface area contributed by atoms with Crippen molar-refractivity contribution in [3.8, 4) is 0 Å². The van der Waals surface area contributed by atoms with Crippen molar-refractivity contribution in [2.45, 2.75) is 45.1 Å². The summed E-state index contributed by atoms with van der Waals surface area (Å²) in [5, 5.41) is 3.55. The average Bonchev–Trinajstić information content (AvgIpc) is 2.81. The molecule has 1 N–H and O–H groups in total. The van der Waals surface area contributed by atoms with Gasteiger partial charge in [0.15, 0.2) is 0 Å². The Morgan fingerprint density at radius 2 is 1.81 bits per heavy atom. The van der Waals surface area contributed by atoms with E-state index in [1.165, 1.54) is 37.7 Å². The van der Waals surface area contributed by atoms with Crippen LogP contribution in [-0.2, 0) is 0 Å². The van der Waals surface area contributed by atoms with Crippen molar-refractivity contribution in [1.82, 2.24) is 5.32 Å². The van der Waals surface area contributed by atoms with E-state index >= 15 is 0 Å². The summed E-state index contributed by atoms with van der Waals surface area (Å²) in [5.41, 5.74) is 1.95. The van der Waals surface area contributed by atoms with E-state index in [2.05, 4.69) is 49.6 Å². The summed E-state index contributed by atoms with van der Waals surface area (Å²) in [6.45, 7) is 2.35. The van der Waals surface area contributed by atoms with Crippen molar-refractivity contribution < 1.29 is 0 Å². The molecule has 0 amide bonds. The van der Waals surface area contributed by atoms with E-state index in [0.29, 0.717) is 11.5 Å². The van der Waals surface area contributed by atoms with Crippen LogP contribution in [0.3, 0.4) is 0 Å². The molecule has 0 radical (unpaired) electrons. The van der Waals surface area contributed by atoms with Gasteiger partial charge in [0.05, 0.1) is 0 Å². The predicted octanol–water partition coefficient (Wildman–Crippen LogP) is 3.92. The van der Waals surface area contributed by atoms with Gasteiger partial charge in [-0.3, -0.25) is 0 Å². The molecular formula is C15H23N. The number of benzene rings is 1. The van der Waals surface area contributed by atoms with Crippen LogP contribution in [0.2, 0.25) is 0 Å². The van der Waals surface area contributed by atoms with Crippen molar-refractivity contribution in [3.05, 3.63) is 35.9 Å².